The molecule has 0 fully saturated rings. The van der Waals surface area contributed by atoms with Gasteiger partial charge in [-0.05, 0) is 24.1 Å². The van der Waals surface area contributed by atoms with Gasteiger partial charge in [0.15, 0.2) is 0 Å². The molecular weight excluding hydrogens is 282 g/mol. The molecule has 0 saturated carbocycles. The quantitative estimate of drug-likeness (QED) is 0.877. The standard InChI is InChI=1S/C11H14Cl2N2O.ClH/c12-9-3-1-8(10(13)7-9)2-4-11(16)15-6-5-14;/h1,3,7H,2,4-6,14H2,(H,15,16);1H. The van der Waals surface area contributed by atoms with E-state index >= 15 is 0 Å². The molecule has 1 aromatic carbocycles. The van der Waals surface area contributed by atoms with Crippen LogP contribution >= 0.6 is 35.6 Å². The van der Waals surface area contributed by atoms with Crippen LogP contribution in [0.25, 0.3) is 0 Å². The summed E-state index contributed by atoms with van der Waals surface area (Å²) in [7, 11) is 0. The van der Waals surface area contributed by atoms with Gasteiger partial charge in [0.05, 0.1) is 0 Å². The smallest absolute Gasteiger partial charge is 0.220 e. The lowest BCUT2D eigenvalue weighted by Gasteiger charge is -2.05. The van der Waals surface area contributed by atoms with Crippen LogP contribution in [0.4, 0.5) is 0 Å². The average Bonchev–Trinajstić information content (AvgIpc) is 2.25. The molecule has 0 spiro atoms. The number of carbonyl (C=O) groups excluding carboxylic acids is 1. The molecule has 0 aromatic heterocycles. The van der Waals surface area contributed by atoms with Crippen molar-refractivity contribution in [3.05, 3.63) is 33.8 Å². The van der Waals surface area contributed by atoms with E-state index in [2.05, 4.69) is 5.32 Å². The van der Waals surface area contributed by atoms with Gasteiger partial charge in [0.2, 0.25) is 5.91 Å². The Morgan fingerprint density at radius 1 is 1.35 bits per heavy atom. The molecule has 0 radical (unpaired) electrons. The lowest BCUT2D eigenvalue weighted by molar-refractivity contribution is -0.120. The highest BCUT2D eigenvalue weighted by Gasteiger charge is 2.05. The van der Waals surface area contributed by atoms with Crippen molar-refractivity contribution in [1.82, 2.24) is 5.32 Å². The van der Waals surface area contributed by atoms with Crippen LogP contribution in [0.3, 0.4) is 0 Å². The van der Waals surface area contributed by atoms with Crippen LogP contribution in [0.5, 0.6) is 0 Å². The molecule has 96 valence electrons. The van der Waals surface area contributed by atoms with E-state index in [4.69, 9.17) is 28.9 Å². The molecule has 0 atom stereocenters. The minimum atomic E-state index is -0.0172. The number of aryl methyl sites for hydroxylation is 1. The number of hydrogen-bond acceptors (Lipinski definition) is 2. The second kappa shape index (κ2) is 8.59. The molecular formula is C11H15Cl3N2O. The summed E-state index contributed by atoms with van der Waals surface area (Å²) in [5, 5.41) is 3.90. The van der Waals surface area contributed by atoms with Crippen LogP contribution in [0, 0.1) is 0 Å². The summed E-state index contributed by atoms with van der Waals surface area (Å²) in [6, 6.07) is 5.28. The van der Waals surface area contributed by atoms with Gasteiger partial charge in [0.25, 0.3) is 0 Å². The highest BCUT2D eigenvalue weighted by Crippen LogP contribution is 2.21. The Morgan fingerprint density at radius 3 is 2.65 bits per heavy atom. The molecule has 0 aliphatic rings. The number of hydrogen-bond donors (Lipinski definition) is 2. The summed E-state index contributed by atoms with van der Waals surface area (Å²) in [5.74, 6) is -0.0172. The molecule has 1 aromatic rings. The number of halogens is 3. The highest BCUT2D eigenvalue weighted by molar-refractivity contribution is 6.35. The van der Waals surface area contributed by atoms with E-state index in [1.807, 2.05) is 6.07 Å². The fourth-order valence-corrected chi connectivity index (χ4v) is 1.78. The van der Waals surface area contributed by atoms with Gasteiger partial charge < -0.3 is 11.1 Å². The lowest BCUT2D eigenvalue weighted by Crippen LogP contribution is -2.29. The second-order valence-electron chi connectivity index (χ2n) is 3.37. The monoisotopic (exact) mass is 296 g/mol. The Balaban J connectivity index is 0.00000256. The largest absolute Gasteiger partial charge is 0.355 e. The second-order valence-corrected chi connectivity index (χ2v) is 4.22. The lowest BCUT2D eigenvalue weighted by atomic mass is 10.1. The topological polar surface area (TPSA) is 55.1 Å². The van der Waals surface area contributed by atoms with Crippen LogP contribution in [0.1, 0.15) is 12.0 Å². The van der Waals surface area contributed by atoms with E-state index in [9.17, 15) is 4.79 Å². The Labute approximate surface area is 117 Å². The third-order valence-electron chi connectivity index (χ3n) is 2.10. The van der Waals surface area contributed by atoms with E-state index in [1.54, 1.807) is 12.1 Å². The number of nitrogens with one attached hydrogen (secondary N) is 1. The SMILES string of the molecule is Cl.NCCNC(=O)CCc1ccc(Cl)cc1Cl. The first kappa shape index (κ1) is 16.5. The first-order chi connectivity index (χ1) is 7.63. The summed E-state index contributed by atoms with van der Waals surface area (Å²) in [6.07, 6.45) is 1.01. The highest BCUT2D eigenvalue weighted by atomic mass is 35.5. The van der Waals surface area contributed by atoms with Crippen molar-refractivity contribution in [3.8, 4) is 0 Å². The molecule has 0 bridgehead atoms. The van der Waals surface area contributed by atoms with Crippen molar-refractivity contribution < 1.29 is 4.79 Å². The van der Waals surface area contributed by atoms with Crippen LogP contribution in [-0.2, 0) is 11.2 Å². The van der Waals surface area contributed by atoms with Gasteiger partial charge in [0.1, 0.15) is 0 Å². The number of carbonyl (C=O) groups is 1. The Kier molecular flexibility index (Phi) is 8.35. The van der Waals surface area contributed by atoms with Crippen LogP contribution in [0.15, 0.2) is 18.2 Å². The van der Waals surface area contributed by atoms with Gasteiger partial charge >= 0.3 is 0 Å². The van der Waals surface area contributed by atoms with E-state index in [0.717, 1.165) is 5.56 Å². The molecule has 0 aliphatic carbocycles. The van der Waals surface area contributed by atoms with Crippen LogP contribution < -0.4 is 11.1 Å². The van der Waals surface area contributed by atoms with Crippen molar-refractivity contribution in [1.29, 1.82) is 0 Å². The molecule has 3 N–H and O–H groups in total. The predicted molar refractivity (Wildman–Crippen MR) is 74.1 cm³/mol. The van der Waals surface area contributed by atoms with Crippen LogP contribution in [-0.4, -0.2) is 19.0 Å². The molecule has 6 heteroatoms. The molecule has 17 heavy (non-hydrogen) atoms. The average molecular weight is 298 g/mol. The predicted octanol–water partition coefficient (Wildman–Crippen LogP) is 2.42. The molecule has 0 saturated heterocycles. The number of nitrogens with two attached hydrogens (primary N) is 1. The van der Waals surface area contributed by atoms with Gasteiger partial charge in [-0.3, -0.25) is 4.79 Å². The normalized spacial score (nSPS) is 9.59. The first-order valence-corrected chi connectivity index (χ1v) is 5.79. The molecule has 1 rings (SSSR count). The maximum absolute atomic E-state index is 11.3. The summed E-state index contributed by atoms with van der Waals surface area (Å²) in [4.78, 5) is 11.3. The van der Waals surface area contributed by atoms with Crippen molar-refractivity contribution in [2.24, 2.45) is 5.73 Å². The van der Waals surface area contributed by atoms with E-state index in [-0.39, 0.29) is 18.3 Å². The number of rotatable bonds is 5. The molecule has 0 aliphatic heterocycles. The summed E-state index contributed by atoms with van der Waals surface area (Å²) in [6.45, 7) is 0.959. The fraction of sp³-hybridized carbons (Fsp3) is 0.364. The Hall–Kier alpha value is -0.480. The van der Waals surface area contributed by atoms with Crippen molar-refractivity contribution in [2.75, 3.05) is 13.1 Å². The zero-order chi connectivity index (χ0) is 12.0. The van der Waals surface area contributed by atoms with Crippen LogP contribution in [0.2, 0.25) is 10.0 Å². The maximum Gasteiger partial charge on any atom is 0.220 e. The van der Waals surface area contributed by atoms with Crippen molar-refractivity contribution >= 4 is 41.5 Å². The van der Waals surface area contributed by atoms with Crippen molar-refractivity contribution in [3.63, 3.8) is 0 Å². The maximum atomic E-state index is 11.3. The summed E-state index contributed by atoms with van der Waals surface area (Å²) in [5.41, 5.74) is 6.20. The Bertz CT molecular complexity index is 372. The first-order valence-electron chi connectivity index (χ1n) is 5.04. The molecule has 1 amide bonds. The summed E-state index contributed by atoms with van der Waals surface area (Å²) >= 11 is 11.8. The summed E-state index contributed by atoms with van der Waals surface area (Å²) < 4.78 is 0. The zero-order valence-corrected chi connectivity index (χ0v) is 11.5. The van der Waals surface area contributed by atoms with Gasteiger partial charge in [0, 0.05) is 29.6 Å². The van der Waals surface area contributed by atoms with Gasteiger partial charge in [-0.25, -0.2) is 0 Å². The number of benzene rings is 1. The zero-order valence-electron chi connectivity index (χ0n) is 9.21. The minimum Gasteiger partial charge on any atom is -0.355 e. The third kappa shape index (κ3) is 6.13. The van der Waals surface area contributed by atoms with E-state index in [1.165, 1.54) is 0 Å². The molecule has 3 nitrogen and oxygen atoms in total. The fourth-order valence-electron chi connectivity index (χ4n) is 1.27. The third-order valence-corrected chi connectivity index (χ3v) is 2.69. The van der Waals surface area contributed by atoms with E-state index < -0.39 is 0 Å². The van der Waals surface area contributed by atoms with E-state index in [0.29, 0.717) is 36.0 Å². The Morgan fingerprint density at radius 2 is 2.06 bits per heavy atom. The molecule has 0 unspecified atom stereocenters. The van der Waals surface area contributed by atoms with Gasteiger partial charge in [-0.15, -0.1) is 12.4 Å². The number of amides is 1. The van der Waals surface area contributed by atoms with Crippen molar-refractivity contribution in [2.45, 2.75) is 12.8 Å². The minimum absolute atomic E-state index is 0. The molecule has 0 heterocycles. The van der Waals surface area contributed by atoms with Gasteiger partial charge in [-0.2, -0.15) is 0 Å². The van der Waals surface area contributed by atoms with Gasteiger partial charge in [-0.1, -0.05) is 29.3 Å².